The molecule has 0 saturated carbocycles. The summed E-state index contributed by atoms with van der Waals surface area (Å²) >= 11 is 0. The van der Waals surface area contributed by atoms with Gasteiger partial charge in [-0.25, -0.2) is 10.1 Å². The molecule has 20 heavy (non-hydrogen) atoms. The highest BCUT2D eigenvalue weighted by molar-refractivity contribution is 5.33. The Hall–Kier alpha value is -1.69. The van der Waals surface area contributed by atoms with Gasteiger partial charge < -0.3 is 4.74 Å². The number of nitrogens with zero attached hydrogens (tertiary/aromatic N) is 2. The van der Waals surface area contributed by atoms with Crippen molar-refractivity contribution in [3.8, 4) is 5.69 Å². The summed E-state index contributed by atoms with van der Waals surface area (Å²) in [5.74, 6) is 5.75. The van der Waals surface area contributed by atoms with E-state index in [1.54, 1.807) is 13.3 Å². The summed E-state index contributed by atoms with van der Waals surface area (Å²) in [5, 5.41) is 4.40. The van der Waals surface area contributed by atoms with Gasteiger partial charge in [0.25, 0.3) is 0 Å². The van der Waals surface area contributed by atoms with Crippen LogP contribution in [0.2, 0.25) is 0 Å². The van der Waals surface area contributed by atoms with Crippen molar-refractivity contribution in [2.75, 3.05) is 7.11 Å². The second-order valence-electron chi connectivity index (χ2n) is 4.71. The third-order valence-corrected chi connectivity index (χ3v) is 3.42. The van der Waals surface area contributed by atoms with Crippen LogP contribution in [0, 0.1) is 0 Å². The zero-order chi connectivity index (χ0) is 14.4. The minimum atomic E-state index is -0.0948. The van der Waals surface area contributed by atoms with Crippen LogP contribution in [0.15, 0.2) is 42.6 Å². The van der Waals surface area contributed by atoms with Crippen molar-refractivity contribution in [2.24, 2.45) is 5.84 Å². The van der Waals surface area contributed by atoms with Crippen LogP contribution in [0.1, 0.15) is 31.5 Å². The number of hydrogen-bond donors (Lipinski definition) is 2. The summed E-state index contributed by atoms with van der Waals surface area (Å²) in [6, 6.07) is 11.9. The van der Waals surface area contributed by atoms with Crippen molar-refractivity contribution < 1.29 is 4.74 Å². The maximum atomic E-state index is 5.75. The highest BCUT2D eigenvalue weighted by Gasteiger charge is 2.24. The van der Waals surface area contributed by atoms with Crippen LogP contribution in [-0.4, -0.2) is 23.0 Å². The number of methoxy groups -OCH3 is 1. The molecule has 0 radical (unpaired) electrons. The molecule has 1 aromatic heterocycles. The molecule has 0 spiro atoms. The van der Waals surface area contributed by atoms with Gasteiger partial charge in [0, 0.05) is 13.3 Å². The largest absolute Gasteiger partial charge is 0.379 e. The van der Waals surface area contributed by atoms with E-state index in [-0.39, 0.29) is 12.1 Å². The highest BCUT2D eigenvalue weighted by atomic mass is 16.5. The number of hydrazine groups is 1. The molecule has 0 bridgehead atoms. The number of nitrogens with two attached hydrogens (primary N) is 1. The Labute approximate surface area is 119 Å². The Bertz CT molecular complexity index is 512. The maximum Gasteiger partial charge on any atom is 0.0894 e. The van der Waals surface area contributed by atoms with Crippen LogP contribution in [0.3, 0.4) is 0 Å². The van der Waals surface area contributed by atoms with E-state index >= 15 is 0 Å². The zero-order valence-corrected chi connectivity index (χ0v) is 12.0. The van der Waals surface area contributed by atoms with E-state index in [0.717, 1.165) is 24.2 Å². The fourth-order valence-corrected chi connectivity index (χ4v) is 2.42. The molecular weight excluding hydrogens is 252 g/mol. The number of rotatable bonds is 7. The van der Waals surface area contributed by atoms with Gasteiger partial charge in [-0.3, -0.25) is 5.84 Å². The molecule has 2 unspecified atom stereocenters. The third-order valence-electron chi connectivity index (χ3n) is 3.42. The van der Waals surface area contributed by atoms with Crippen LogP contribution < -0.4 is 11.3 Å². The molecule has 108 valence electrons. The summed E-state index contributed by atoms with van der Waals surface area (Å²) in [7, 11) is 1.72. The van der Waals surface area contributed by atoms with E-state index in [9.17, 15) is 0 Å². The summed E-state index contributed by atoms with van der Waals surface area (Å²) in [6.45, 7) is 2.13. The first kappa shape index (κ1) is 14.7. The topological polar surface area (TPSA) is 65.1 Å². The van der Waals surface area contributed by atoms with Crippen LogP contribution in [0.4, 0.5) is 0 Å². The monoisotopic (exact) mass is 274 g/mol. The molecule has 2 aromatic rings. The SMILES string of the molecule is CCCC(OC)C(NN)c1ccnn1-c1ccccc1. The summed E-state index contributed by atoms with van der Waals surface area (Å²) < 4.78 is 7.47. The minimum Gasteiger partial charge on any atom is -0.379 e. The fraction of sp³-hybridized carbons (Fsp3) is 0.400. The van der Waals surface area contributed by atoms with Crippen LogP contribution in [-0.2, 0) is 4.74 Å². The van der Waals surface area contributed by atoms with Gasteiger partial charge in [0.1, 0.15) is 0 Å². The molecule has 1 aromatic carbocycles. The van der Waals surface area contributed by atoms with Crippen LogP contribution in [0.25, 0.3) is 5.69 Å². The first-order chi connectivity index (χ1) is 9.81. The average Bonchev–Trinajstić information content (AvgIpc) is 2.97. The van der Waals surface area contributed by atoms with Crippen molar-refractivity contribution >= 4 is 0 Å². The first-order valence-electron chi connectivity index (χ1n) is 6.90. The van der Waals surface area contributed by atoms with Gasteiger partial charge in [0.15, 0.2) is 0 Å². The van der Waals surface area contributed by atoms with Crippen molar-refractivity contribution in [3.63, 3.8) is 0 Å². The smallest absolute Gasteiger partial charge is 0.0894 e. The van der Waals surface area contributed by atoms with E-state index in [0.29, 0.717) is 0 Å². The number of nitrogens with one attached hydrogen (secondary N) is 1. The average molecular weight is 274 g/mol. The molecular formula is C15H22N4O. The lowest BCUT2D eigenvalue weighted by atomic mass is 10.0. The molecule has 0 aliphatic rings. The molecule has 5 heteroatoms. The van der Waals surface area contributed by atoms with Gasteiger partial charge in [0.2, 0.25) is 0 Å². The van der Waals surface area contributed by atoms with Crippen LogP contribution >= 0.6 is 0 Å². The normalized spacial score (nSPS) is 14.2. The number of benzene rings is 1. The maximum absolute atomic E-state index is 5.75. The summed E-state index contributed by atoms with van der Waals surface area (Å²) in [6.07, 6.45) is 3.77. The molecule has 0 aliphatic heterocycles. The Balaban J connectivity index is 2.34. The second-order valence-corrected chi connectivity index (χ2v) is 4.71. The van der Waals surface area contributed by atoms with Gasteiger partial charge in [0.05, 0.1) is 23.5 Å². The summed E-state index contributed by atoms with van der Waals surface area (Å²) in [4.78, 5) is 0. The second kappa shape index (κ2) is 7.19. The van der Waals surface area contributed by atoms with Gasteiger partial charge in [-0.05, 0) is 24.6 Å². The minimum absolute atomic E-state index is 0.0177. The molecule has 1 heterocycles. The molecule has 0 fully saturated rings. The molecule has 0 saturated heterocycles. The first-order valence-corrected chi connectivity index (χ1v) is 6.90. The molecule has 5 nitrogen and oxygen atoms in total. The van der Waals surface area contributed by atoms with Crippen molar-refractivity contribution in [1.29, 1.82) is 0 Å². The van der Waals surface area contributed by atoms with E-state index in [1.807, 2.05) is 41.1 Å². The van der Waals surface area contributed by atoms with Gasteiger partial charge in [-0.2, -0.15) is 5.10 Å². The third kappa shape index (κ3) is 3.07. The van der Waals surface area contributed by atoms with Gasteiger partial charge in [-0.1, -0.05) is 31.5 Å². The quantitative estimate of drug-likeness (QED) is 0.600. The van der Waals surface area contributed by atoms with E-state index in [4.69, 9.17) is 10.6 Å². The van der Waals surface area contributed by atoms with Gasteiger partial charge in [-0.15, -0.1) is 0 Å². The molecule has 3 N–H and O–H groups in total. The zero-order valence-electron chi connectivity index (χ0n) is 12.0. The standard InChI is InChI=1S/C15H22N4O/c1-3-7-14(20-2)15(18-16)13-10-11-17-19(13)12-8-5-4-6-9-12/h4-6,8-11,14-15,18H,3,7,16H2,1-2H3. The van der Waals surface area contributed by atoms with Gasteiger partial charge >= 0.3 is 0 Å². The van der Waals surface area contributed by atoms with E-state index < -0.39 is 0 Å². The van der Waals surface area contributed by atoms with Crippen molar-refractivity contribution in [1.82, 2.24) is 15.2 Å². The van der Waals surface area contributed by atoms with Crippen LogP contribution in [0.5, 0.6) is 0 Å². The number of hydrogen-bond acceptors (Lipinski definition) is 4. The van der Waals surface area contributed by atoms with Crippen molar-refractivity contribution in [3.05, 3.63) is 48.3 Å². The predicted molar refractivity (Wildman–Crippen MR) is 79.3 cm³/mol. The lowest BCUT2D eigenvalue weighted by Crippen LogP contribution is -2.38. The fourth-order valence-electron chi connectivity index (χ4n) is 2.42. The lowest BCUT2D eigenvalue weighted by molar-refractivity contribution is 0.0586. The summed E-state index contributed by atoms with van der Waals surface area (Å²) in [5.41, 5.74) is 4.88. The molecule has 0 amide bonds. The molecule has 0 aliphatic carbocycles. The predicted octanol–water partition coefficient (Wildman–Crippen LogP) is 2.19. The number of ether oxygens (including phenoxy) is 1. The molecule has 2 rings (SSSR count). The Morgan fingerprint density at radius 3 is 2.65 bits per heavy atom. The number of para-hydroxylation sites is 1. The Morgan fingerprint density at radius 2 is 2.05 bits per heavy atom. The molecule has 2 atom stereocenters. The Kier molecular flexibility index (Phi) is 5.29. The van der Waals surface area contributed by atoms with E-state index in [2.05, 4.69) is 17.4 Å². The lowest BCUT2D eigenvalue weighted by Gasteiger charge is -2.25. The van der Waals surface area contributed by atoms with Crippen molar-refractivity contribution in [2.45, 2.75) is 31.9 Å². The number of aromatic nitrogens is 2. The highest BCUT2D eigenvalue weighted by Crippen LogP contribution is 2.23. The Morgan fingerprint density at radius 1 is 1.30 bits per heavy atom. The van der Waals surface area contributed by atoms with E-state index in [1.165, 1.54) is 0 Å².